The summed E-state index contributed by atoms with van der Waals surface area (Å²) in [6.07, 6.45) is 2.38. The molecular formula is C19H22N4. The van der Waals surface area contributed by atoms with Crippen LogP contribution in [0.3, 0.4) is 0 Å². The first-order valence-corrected chi connectivity index (χ1v) is 8.39. The first kappa shape index (κ1) is 14.2. The lowest BCUT2D eigenvalue weighted by Gasteiger charge is -2.39. The molecule has 0 amide bonds. The Morgan fingerprint density at radius 3 is 2.74 bits per heavy atom. The molecule has 2 aromatic carbocycles. The van der Waals surface area contributed by atoms with Crippen LogP contribution in [0.2, 0.25) is 0 Å². The molecule has 2 atom stereocenters. The highest BCUT2D eigenvalue weighted by atomic mass is 15.4. The molecule has 4 nitrogen and oxygen atoms in total. The zero-order chi connectivity index (χ0) is 15.8. The molecule has 4 rings (SSSR count). The van der Waals surface area contributed by atoms with Gasteiger partial charge in [0.1, 0.15) is 5.52 Å². The van der Waals surface area contributed by atoms with Crippen LogP contribution >= 0.6 is 0 Å². The number of para-hydroxylation sites is 2. The second-order valence-electron chi connectivity index (χ2n) is 6.46. The van der Waals surface area contributed by atoms with Crippen molar-refractivity contribution in [1.29, 1.82) is 0 Å². The number of benzene rings is 2. The van der Waals surface area contributed by atoms with Crippen LogP contribution in [0.25, 0.3) is 11.0 Å². The first-order chi connectivity index (χ1) is 11.3. The fourth-order valence-corrected chi connectivity index (χ4v) is 3.93. The van der Waals surface area contributed by atoms with Crippen LogP contribution < -0.4 is 4.90 Å². The standard InChI is InChI=1S/C19H22N4/c1-3-8-14-13-22(2)17-11-6-4-9-15(17)19(14)23-18-12-7-5-10-16(18)20-21-23/h4-7,9-12,14,19H,3,8,13H2,1-2H3/t14-,19+/m1/s1. The lowest BCUT2D eigenvalue weighted by atomic mass is 9.84. The maximum atomic E-state index is 4.52. The van der Waals surface area contributed by atoms with E-state index in [4.69, 9.17) is 0 Å². The number of hydrogen-bond donors (Lipinski definition) is 0. The van der Waals surface area contributed by atoms with Gasteiger partial charge in [-0.2, -0.15) is 0 Å². The van der Waals surface area contributed by atoms with Gasteiger partial charge in [-0.15, -0.1) is 5.10 Å². The molecule has 2 heterocycles. The summed E-state index contributed by atoms with van der Waals surface area (Å²) in [4.78, 5) is 2.38. The maximum Gasteiger partial charge on any atom is 0.113 e. The summed E-state index contributed by atoms with van der Waals surface area (Å²) in [6, 6.07) is 17.2. The topological polar surface area (TPSA) is 34.0 Å². The van der Waals surface area contributed by atoms with Crippen LogP contribution in [0, 0.1) is 5.92 Å². The minimum absolute atomic E-state index is 0.259. The molecule has 23 heavy (non-hydrogen) atoms. The van der Waals surface area contributed by atoms with Gasteiger partial charge < -0.3 is 4.90 Å². The number of nitrogens with zero attached hydrogens (tertiary/aromatic N) is 4. The van der Waals surface area contributed by atoms with Crippen molar-refractivity contribution >= 4 is 16.7 Å². The van der Waals surface area contributed by atoms with Crippen molar-refractivity contribution in [2.45, 2.75) is 25.8 Å². The molecule has 3 aromatic rings. The Kier molecular flexibility index (Phi) is 3.52. The molecule has 0 radical (unpaired) electrons. The van der Waals surface area contributed by atoms with Crippen LogP contribution in [0.1, 0.15) is 31.4 Å². The van der Waals surface area contributed by atoms with Crippen molar-refractivity contribution in [3.05, 3.63) is 54.1 Å². The highest BCUT2D eigenvalue weighted by Gasteiger charge is 2.34. The molecule has 1 aromatic heterocycles. The van der Waals surface area contributed by atoms with E-state index in [0.29, 0.717) is 5.92 Å². The van der Waals surface area contributed by atoms with Gasteiger partial charge in [-0.1, -0.05) is 48.9 Å². The summed E-state index contributed by atoms with van der Waals surface area (Å²) in [7, 11) is 2.19. The molecule has 1 aliphatic heterocycles. The smallest absolute Gasteiger partial charge is 0.113 e. The van der Waals surface area contributed by atoms with Gasteiger partial charge in [-0.05, 0) is 24.6 Å². The Hall–Kier alpha value is -2.36. The molecule has 118 valence electrons. The number of anilines is 1. The van der Waals surface area contributed by atoms with Gasteiger partial charge in [0.25, 0.3) is 0 Å². The van der Waals surface area contributed by atoms with Gasteiger partial charge in [-0.25, -0.2) is 4.68 Å². The quantitative estimate of drug-likeness (QED) is 0.736. The summed E-state index contributed by atoms with van der Waals surface area (Å²) in [5.41, 5.74) is 4.76. The number of rotatable bonds is 3. The van der Waals surface area contributed by atoms with Gasteiger partial charge in [0.15, 0.2) is 0 Å². The van der Waals surface area contributed by atoms with Gasteiger partial charge >= 0.3 is 0 Å². The van der Waals surface area contributed by atoms with E-state index >= 15 is 0 Å². The normalized spacial score (nSPS) is 20.7. The lowest BCUT2D eigenvalue weighted by molar-refractivity contribution is 0.323. The Balaban J connectivity index is 1.90. The van der Waals surface area contributed by atoms with E-state index in [1.54, 1.807) is 0 Å². The Labute approximate surface area is 136 Å². The van der Waals surface area contributed by atoms with Crippen LogP contribution in [0.5, 0.6) is 0 Å². The number of aromatic nitrogens is 3. The van der Waals surface area contributed by atoms with Crippen LogP contribution in [-0.4, -0.2) is 28.6 Å². The average molecular weight is 306 g/mol. The molecular weight excluding hydrogens is 284 g/mol. The van der Waals surface area contributed by atoms with E-state index in [0.717, 1.165) is 17.6 Å². The third-order valence-corrected chi connectivity index (χ3v) is 4.92. The summed E-state index contributed by atoms with van der Waals surface area (Å²) in [5.74, 6) is 0.546. The van der Waals surface area contributed by atoms with Gasteiger partial charge in [0.05, 0.1) is 11.6 Å². The fraction of sp³-hybridized carbons (Fsp3) is 0.368. The van der Waals surface area contributed by atoms with Crippen LogP contribution in [-0.2, 0) is 0 Å². The van der Waals surface area contributed by atoms with E-state index in [1.165, 1.54) is 24.1 Å². The monoisotopic (exact) mass is 306 g/mol. The van der Waals surface area contributed by atoms with Gasteiger partial charge in [0, 0.05) is 30.8 Å². The molecule has 0 unspecified atom stereocenters. The molecule has 0 saturated carbocycles. The van der Waals surface area contributed by atoms with Crippen molar-refractivity contribution < 1.29 is 0 Å². The van der Waals surface area contributed by atoms with Crippen LogP contribution in [0.15, 0.2) is 48.5 Å². The molecule has 0 fully saturated rings. The van der Waals surface area contributed by atoms with Crippen molar-refractivity contribution in [2.75, 3.05) is 18.5 Å². The molecule has 0 bridgehead atoms. The molecule has 0 aliphatic carbocycles. The number of fused-ring (bicyclic) bond motifs is 2. The van der Waals surface area contributed by atoms with Crippen molar-refractivity contribution in [1.82, 2.24) is 15.0 Å². The van der Waals surface area contributed by atoms with Crippen molar-refractivity contribution in [2.24, 2.45) is 5.92 Å². The van der Waals surface area contributed by atoms with Crippen LogP contribution in [0.4, 0.5) is 5.69 Å². The van der Waals surface area contributed by atoms with E-state index in [-0.39, 0.29) is 6.04 Å². The summed E-state index contributed by atoms with van der Waals surface area (Å²) >= 11 is 0. The predicted molar refractivity (Wildman–Crippen MR) is 93.8 cm³/mol. The zero-order valence-corrected chi connectivity index (χ0v) is 13.7. The van der Waals surface area contributed by atoms with E-state index in [1.807, 2.05) is 12.1 Å². The molecule has 0 saturated heterocycles. The lowest BCUT2D eigenvalue weighted by Crippen LogP contribution is -2.38. The second kappa shape index (κ2) is 5.69. The SMILES string of the molecule is CCC[C@@H]1CN(C)c2ccccc2[C@H]1n1nnc2ccccc21. The minimum atomic E-state index is 0.259. The zero-order valence-electron chi connectivity index (χ0n) is 13.7. The minimum Gasteiger partial charge on any atom is -0.374 e. The average Bonchev–Trinajstić information content (AvgIpc) is 2.99. The third-order valence-electron chi connectivity index (χ3n) is 4.92. The fourth-order valence-electron chi connectivity index (χ4n) is 3.93. The van der Waals surface area contributed by atoms with Gasteiger partial charge in [-0.3, -0.25) is 0 Å². The van der Waals surface area contributed by atoms with E-state index in [9.17, 15) is 0 Å². The molecule has 1 aliphatic rings. The predicted octanol–water partition coefficient (Wildman–Crippen LogP) is 3.89. The van der Waals surface area contributed by atoms with E-state index in [2.05, 4.69) is 70.3 Å². The number of hydrogen-bond acceptors (Lipinski definition) is 3. The summed E-state index contributed by atoms with van der Waals surface area (Å²) in [5, 5.41) is 8.90. The Morgan fingerprint density at radius 2 is 1.87 bits per heavy atom. The maximum absolute atomic E-state index is 4.52. The van der Waals surface area contributed by atoms with Crippen molar-refractivity contribution in [3.63, 3.8) is 0 Å². The molecule has 0 spiro atoms. The largest absolute Gasteiger partial charge is 0.374 e. The molecule has 0 N–H and O–H groups in total. The second-order valence-corrected chi connectivity index (χ2v) is 6.46. The molecule has 4 heteroatoms. The van der Waals surface area contributed by atoms with Gasteiger partial charge in [0.2, 0.25) is 0 Å². The van der Waals surface area contributed by atoms with Crippen molar-refractivity contribution in [3.8, 4) is 0 Å². The highest BCUT2D eigenvalue weighted by Crippen LogP contribution is 2.41. The van der Waals surface area contributed by atoms with E-state index < -0.39 is 0 Å². The highest BCUT2D eigenvalue weighted by molar-refractivity contribution is 5.74. The first-order valence-electron chi connectivity index (χ1n) is 8.39. The Bertz CT molecular complexity index is 823. The Morgan fingerprint density at radius 1 is 1.09 bits per heavy atom. The summed E-state index contributed by atoms with van der Waals surface area (Å²) < 4.78 is 2.14. The third kappa shape index (κ3) is 2.29. The summed E-state index contributed by atoms with van der Waals surface area (Å²) in [6.45, 7) is 3.32.